The topological polar surface area (TPSA) is 30.0 Å². The molecule has 0 bridgehead atoms. The molecule has 0 amide bonds. The molecular formula is C10H8BrNO. The highest BCUT2D eigenvalue weighted by Crippen LogP contribution is 2.07. The minimum Gasteiger partial charge on any atom is -0.290 e. The largest absolute Gasteiger partial charge is 0.290 e. The molecular weight excluding hydrogens is 230 g/mol. The van der Waals surface area contributed by atoms with Crippen LogP contribution in [0.3, 0.4) is 0 Å². The van der Waals surface area contributed by atoms with Gasteiger partial charge in [0.1, 0.15) is 0 Å². The number of carbonyl (C=O) groups is 1. The third-order valence-corrected chi connectivity index (χ3v) is 1.51. The zero-order chi connectivity index (χ0) is 9.52. The summed E-state index contributed by atoms with van der Waals surface area (Å²) in [5.41, 5.74) is 1.06. The molecule has 0 saturated heterocycles. The second-order valence-electron chi connectivity index (χ2n) is 2.29. The van der Waals surface area contributed by atoms with Crippen molar-refractivity contribution in [1.29, 1.82) is 0 Å². The number of fused-ring (bicyclic) bond motifs is 1. The Morgan fingerprint density at radius 3 is 2.46 bits per heavy atom. The van der Waals surface area contributed by atoms with Crippen molar-refractivity contribution in [2.24, 2.45) is 0 Å². The van der Waals surface area contributed by atoms with Crippen molar-refractivity contribution >= 4 is 32.0 Å². The van der Waals surface area contributed by atoms with Gasteiger partial charge in [0.25, 0.3) is 0 Å². The van der Waals surface area contributed by atoms with Gasteiger partial charge in [-0.3, -0.25) is 9.78 Å². The van der Waals surface area contributed by atoms with Crippen LogP contribution in [-0.2, 0) is 4.79 Å². The number of carbonyl (C=O) groups excluding carboxylic acids is 1. The molecule has 0 N–H and O–H groups in total. The molecule has 0 radical (unpaired) electrons. The van der Waals surface area contributed by atoms with Crippen LogP contribution in [0.2, 0.25) is 0 Å². The maximum absolute atomic E-state index is 8.72. The maximum atomic E-state index is 8.72. The molecule has 2 aromatic rings. The van der Waals surface area contributed by atoms with Crippen molar-refractivity contribution < 1.29 is 4.79 Å². The van der Waals surface area contributed by atoms with Crippen LogP contribution in [0.1, 0.15) is 0 Å². The van der Waals surface area contributed by atoms with Crippen LogP contribution in [-0.4, -0.2) is 10.2 Å². The number of aromatic nitrogens is 1. The molecule has 0 aliphatic heterocycles. The van der Waals surface area contributed by atoms with Crippen LogP contribution >= 0.6 is 15.9 Å². The minimum absolute atomic E-state index is 0.562. The maximum Gasteiger partial charge on any atom is 0.185 e. The lowest BCUT2D eigenvalue weighted by Gasteiger charge is -1.91. The molecule has 0 saturated carbocycles. The second-order valence-corrected chi connectivity index (χ2v) is 2.66. The molecule has 0 fully saturated rings. The van der Waals surface area contributed by atoms with Gasteiger partial charge in [-0.2, -0.15) is 0 Å². The lowest BCUT2D eigenvalue weighted by atomic mass is 10.2. The number of rotatable bonds is 0. The lowest BCUT2D eigenvalue weighted by Crippen LogP contribution is -1.73. The van der Waals surface area contributed by atoms with Gasteiger partial charge in [-0.25, -0.2) is 0 Å². The SMILES string of the molecule is O=CBr.c1ccc2ncccc2c1. The number of hydrogen-bond acceptors (Lipinski definition) is 2. The van der Waals surface area contributed by atoms with E-state index < -0.39 is 0 Å². The molecule has 0 aliphatic carbocycles. The fourth-order valence-electron chi connectivity index (χ4n) is 1.02. The van der Waals surface area contributed by atoms with Gasteiger partial charge in [-0.15, -0.1) is 0 Å². The third kappa shape index (κ3) is 2.95. The third-order valence-electron chi connectivity index (χ3n) is 1.51. The van der Waals surface area contributed by atoms with Crippen LogP contribution in [0.5, 0.6) is 0 Å². The number of hydrogen-bond donors (Lipinski definition) is 0. The van der Waals surface area contributed by atoms with Gasteiger partial charge < -0.3 is 0 Å². The summed E-state index contributed by atoms with van der Waals surface area (Å²) < 4.78 is 0. The first-order chi connectivity index (χ1) is 6.38. The number of para-hydroxylation sites is 1. The monoisotopic (exact) mass is 237 g/mol. The van der Waals surface area contributed by atoms with Crippen LogP contribution in [0.15, 0.2) is 42.6 Å². The smallest absolute Gasteiger partial charge is 0.185 e. The normalized spacial score (nSPS) is 8.69. The van der Waals surface area contributed by atoms with Crippen LogP contribution < -0.4 is 0 Å². The lowest BCUT2D eigenvalue weighted by molar-refractivity contribution is 0.571. The predicted molar refractivity (Wildman–Crippen MR) is 57.4 cm³/mol. The zero-order valence-corrected chi connectivity index (χ0v) is 8.44. The van der Waals surface area contributed by atoms with Gasteiger partial charge in [0.05, 0.1) is 5.52 Å². The Balaban J connectivity index is 0.000000251. The van der Waals surface area contributed by atoms with Crippen molar-refractivity contribution in [3.05, 3.63) is 42.6 Å². The Hall–Kier alpha value is -1.22. The van der Waals surface area contributed by atoms with E-state index in [1.807, 2.05) is 30.5 Å². The first-order valence-corrected chi connectivity index (χ1v) is 4.63. The summed E-state index contributed by atoms with van der Waals surface area (Å²) in [5, 5.41) is 1.76. The molecule has 3 heteroatoms. The summed E-state index contributed by atoms with van der Waals surface area (Å²) in [6, 6.07) is 12.1. The minimum atomic E-state index is 0.562. The summed E-state index contributed by atoms with van der Waals surface area (Å²) in [7, 11) is 0. The number of pyridine rings is 1. The molecule has 1 heterocycles. The summed E-state index contributed by atoms with van der Waals surface area (Å²) >= 11 is 2.47. The molecule has 66 valence electrons. The summed E-state index contributed by atoms with van der Waals surface area (Å²) in [4.78, 5) is 12.9. The van der Waals surface area contributed by atoms with E-state index in [4.69, 9.17) is 4.79 Å². The van der Waals surface area contributed by atoms with Gasteiger partial charge in [-0.05, 0) is 28.1 Å². The van der Waals surface area contributed by atoms with Gasteiger partial charge in [0, 0.05) is 11.6 Å². The van der Waals surface area contributed by atoms with Crippen molar-refractivity contribution in [2.75, 3.05) is 0 Å². The van der Waals surface area contributed by atoms with Crippen molar-refractivity contribution in [2.45, 2.75) is 0 Å². The van der Waals surface area contributed by atoms with Crippen LogP contribution in [0.4, 0.5) is 0 Å². The van der Waals surface area contributed by atoms with E-state index in [1.54, 1.807) is 0 Å². The fourth-order valence-corrected chi connectivity index (χ4v) is 1.02. The van der Waals surface area contributed by atoms with Crippen LogP contribution in [0, 0.1) is 0 Å². The predicted octanol–water partition coefficient (Wildman–Crippen LogP) is 2.81. The number of nitrogens with zero attached hydrogens (tertiary/aromatic N) is 1. The number of benzene rings is 1. The van der Waals surface area contributed by atoms with Gasteiger partial charge in [0.2, 0.25) is 0 Å². The van der Waals surface area contributed by atoms with E-state index in [9.17, 15) is 0 Å². The Labute approximate surface area is 84.7 Å². The Morgan fingerprint density at radius 2 is 1.77 bits per heavy atom. The molecule has 0 atom stereocenters. The Kier molecular flexibility index (Phi) is 4.12. The van der Waals surface area contributed by atoms with Crippen LogP contribution in [0.25, 0.3) is 10.9 Å². The molecule has 1 aromatic carbocycles. The molecule has 13 heavy (non-hydrogen) atoms. The van der Waals surface area contributed by atoms with E-state index in [2.05, 4.69) is 33.0 Å². The second kappa shape index (κ2) is 5.43. The van der Waals surface area contributed by atoms with Crippen molar-refractivity contribution in [3.63, 3.8) is 0 Å². The fraction of sp³-hybridized carbons (Fsp3) is 0. The average Bonchev–Trinajstić information content (AvgIpc) is 2.19. The Bertz CT molecular complexity index is 324. The first kappa shape index (κ1) is 9.86. The molecule has 2 rings (SSSR count). The van der Waals surface area contributed by atoms with E-state index >= 15 is 0 Å². The standard InChI is InChI=1S/C9H7N.CHBrO/c1-2-6-9-8(4-1)5-3-7-10-9;2-1-3/h1-7H;1H. The Morgan fingerprint density at radius 1 is 1.15 bits per heavy atom. The highest BCUT2D eigenvalue weighted by molar-refractivity contribution is 9.17. The first-order valence-electron chi connectivity index (χ1n) is 3.72. The molecule has 1 aromatic heterocycles. The van der Waals surface area contributed by atoms with Crippen molar-refractivity contribution in [3.8, 4) is 0 Å². The van der Waals surface area contributed by atoms with E-state index in [-0.39, 0.29) is 0 Å². The molecule has 0 spiro atoms. The van der Waals surface area contributed by atoms with Gasteiger partial charge >= 0.3 is 0 Å². The zero-order valence-electron chi connectivity index (χ0n) is 6.85. The molecule has 2 nitrogen and oxygen atoms in total. The summed E-state index contributed by atoms with van der Waals surface area (Å²) in [6.07, 6.45) is 1.81. The quantitative estimate of drug-likeness (QED) is 0.521. The summed E-state index contributed by atoms with van der Waals surface area (Å²) in [6.45, 7) is 0. The van der Waals surface area contributed by atoms with Crippen molar-refractivity contribution in [1.82, 2.24) is 4.98 Å². The highest BCUT2D eigenvalue weighted by atomic mass is 79.9. The summed E-state index contributed by atoms with van der Waals surface area (Å²) in [5.74, 6) is 0. The molecule has 0 unspecified atom stereocenters. The van der Waals surface area contributed by atoms with E-state index in [1.165, 1.54) is 5.39 Å². The van der Waals surface area contributed by atoms with Gasteiger partial charge in [0.15, 0.2) is 5.20 Å². The average molecular weight is 238 g/mol. The van der Waals surface area contributed by atoms with E-state index in [0.29, 0.717) is 5.20 Å². The number of halogens is 1. The van der Waals surface area contributed by atoms with Gasteiger partial charge in [-0.1, -0.05) is 24.3 Å². The molecule has 0 aliphatic rings. The highest BCUT2D eigenvalue weighted by Gasteiger charge is 1.86. The van der Waals surface area contributed by atoms with E-state index in [0.717, 1.165) is 5.52 Å².